The number of alkyl carbamates (subject to hydrolysis) is 1. The van der Waals surface area contributed by atoms with E-state index >= 15 is 0 Å². The number of hydrogen-bond donors (Lipinski definition) is 3. The molecule has 1 rings (SSSR count). The van der Waals surface area contributed by atoms with Crippen molar-refractivity contribution in [3.05, 3.63) is 0 Å². The fourth-order valence-corrected chi connectivity index (χ4v) is 2.72. The molecule has 0 bridgehead atoms. The number of guanidine groups is 1. The van der Waals surface area contributed by atoms with Crippen molar-refractivity contribution in [3.63, 3.8) is 0 Å². The van der Waals surface area contributed by atoms with Crippen LogP contribution in [0, 0.1) is 5.92 Å². The highest BCUT2D eigenvalue weighted by atomic mass is 16.6. The van der Waals surface area contributed by atoms with Crippen LogP contribution in [0.4, 0.5) is 4.79 Å². The van der Waals surface area contributed by atoms with E-state index in [1.807, 2.05) is 48.6 Å². The molecule has 3 N–H and O–H groups in total. The van der Waals surface area contributed by atoms with Gasteiger partial charge in [0, 0.05) is 32.6 Å². The van der Waals surface area contributed by atoms with E-state index in [0.717, 1.165) is 13.0 Å². The minimum absolute atomic E-state index is 0.133. The molecule has 156 valence electrons. The summed E-state index contributed by atoms with van der Waals surface area (Å²) in [6, 6.07) is 0.0349. The van der Waals surface area contributed by atoms with E-state index in [1.54, 1.807) is 4.90 Å². The van der Waals surface area contributed by atoms with Gasteiger partial charge in [0.1, 0.15) is 5.60 Å². The minimum Gasteiger partial charge on any atom is -0.444 e. The molecule has 8 nitrogen and oxygen atoms in total. The van der Waals surface area contributed by atoms with Gasteiger partial charge in [-0.25, -0.2) is 4.79 Å². The van der Waals surface area contributed by atoms with E-state index < -0.39 is 11.7 Å². The van der Waals surface area contributed by atoms with Crippen LogP contribution in [0.25, 0.3) is 0 Å². The van der Waals surface area contributed by atoms with Gasteiger partial charge >= 0.3 is 6.09 Å². The van der Waals surface area contributed by atoms with E-state index in [9.17, 15) is 9.59 Å². The third-order valence-electron chi connectivity index (χ3n) is 4.26. The van der Waals surface area contributed by atoms with Gasteiger partial charge in [-0.15, -0.1) is 0 Å². The summed E-state index contributed by atoms with van der Waals surface area (Å²) < 4.78 is 5.35. The summed E-state index contributed by atoms with van der Waals surface area (Å²) in [7, 11) is 1.82. The Balaban J connectivity index is 2.69. The second-order valence-corrected chi connectivity index (χ2v) is 8.37. The summed E-state index contributed by atoms with van der Waals surface area (Å²) in [6.45, 7) is 13.4. The first-order chi connectivity index (χ1) is 12.5. The summed E-state index contributed by atoms with van der Waals surface area (Å²) in [5, 5.41) is 9.54. The molecule has 2 unspecified atom stereocenters. The molecule has 1 fully saturated rings. The molecule has 0 aromatic heterocycles. The Labute approximate surface area is 163 Å². The van der Waals surface area contributed by atoms with Crippen LogP contribution in [0.1, 0.15) is 54.4 Å². The molecule has 0 spiro atoms. The highest BCUT2D eigenvalue weighted by molar-refractivity contribution is 5.81. The summed E-state index contributed by atoms with van der Waals surface area (Å²) in [4.78, 5) is 30.1. The summed E-state index contributed by atoms with van der Waals surface area (Å²) >= 11 is 0. The first-order valence-electron chi connectivity index (χ1n) is 9.80. The third-order valence-corrected chi connectivity index (χ3v) is 4.26. The van der Waals surface area contributed by atoms with Crippen LogP contribution in [0.3, 0.4) is 0 Å². The van der Waals surface area contributed by atoms with Crippen LogP contribution in [0.15, 0.2) is 4.99 Å². The Hall–Kier alpha value is -1.99. The number of carbonyl (C=O) groups excluding carboxylic acids is 2. The van der Waals surface area contributed by atoms with Gasteiger partial charge in [-0.3, -0.25) is 9.79 Å². The predicted molar refractivity (Wildman–Crippen MR) is 108 cm³/mol. The summed E-state index contributed by atoms with van der Waals surface area (Å²) in [5.74, 6) is 1.08. The highest BCUT2D eigenvalue weighted by Gasteiger charge is 2.24. The smallest absolute Gasteiger partial charge is 0.407 e. The molecular formula is C19H37N5O3. The number of likely N-dealkylation sites (tertiary alicyclic amines) is 1. The molecule has 1 saturated heterocycles. The number of ether oxygens (including phenoxy) is 1. The number of hydrogen-bond acceptors (Lipinski definition) is 4. The lowest BCUT2D eigenvalue weighted by Gasteiger charge is -2.31. The molecular weight excluding hydrogens is 346 g/mol. The first-order valence-corrected chi connectivity index (χ1v) is 9.80. The van der Waals surface area contributed by atoms with Gasteiger partial charge in [-0.2, -0.15) is 0 Å². The molecule has 1 aliphatic rings. The van der Waals surface area contributed by atoms with Gasteiger partial charge in [0.15, 0.2) is 5.96 Å². The topological polar surface area (TPSA) is 95.1 Å². The zero-order chi connectivity index (χ0) is 20.6. The van der Waals surface area contributed by atoms with Crippen LogP contribution in [0.2, 0.25) is 0 Å². The molecule has 8 heteroatoms. The van der Waals surface area contributed by atoms with Crippen LogP contribution >= 0.6 is 0 Å². The standard InChI is InChI=1S/C19H37N5O3/c1-8-20-17(22-14-9-10-16(25)24(7)12-14)21-11-15(13(2)3)23-18(26)27-19(4,5)6/h13-15H,8-12H2,1-7H3,(H,23,26)(H2,20,21,22). The highest BCUT2D eigenvalue weighted by Crippen LogP contribution is 2.10. The number of aliphatic imine (C=N–C) groups is 1. The van der Waals surface area contributed by atoms with Gasteiger partial charge in [0.05, 0.1) is 12.6 Å². The molecule has 0 aromatic carbocycles. The van der Waals surface area contributed by atoms with Gasteiger partial charge in [-0.1, -0.05) is 13.8 Å². The molecule has 1 heterocycles. The number of nitrogens with one attached hydrogen (secondary N) is 3. The van der Waals surface area contributed by atoms with Crippen molar-refractivity contribution in [1.29, 1.82) is 0 Å². The normalized spacial score (nSPS) is 19.7. The van der Waals surface area contributed by atoms with Crippen LogP contribution in [-0.2, 0) is 9.53 Å². The fourth-order valence-electron chi connectivity index (χ4n) is 2.72. The third kappa shape index (κ3) is 8.97. The van der Waals surface area contributed by atoms with Crippen molar-refractivity contribution in [2.24, 2.45) is 10.9 Å². The molecule has 0 aliphatic carbocycles. The average Bonchev–Trinajstić information content (AvgIpc) is 2.53. The van der Waals surface area contributed by atoms with Crippen molar-refractivity contribution in [2.75, 3.05) is 26.7 Å². The predicted octanol–water partition coefficient (Wildman–Crippen LogP) is 1.71. The monoisotopic (exact) mass is 383 g/mol. The number of carbonyl (C=O) groups is 2. The zero-order valence-electron chi connectivity index (χ0n) is 17.9. The molecule has 0 aromatic rings. The van der Waals surface area contributed by atoms with Gasteiger partial charge in [-0.05, 0) is 40.0 Å². The van der Waals surface area contributed by atoms with Crippen LogP contribution in [-0.4, -0.2) is 67.2 Å². The maximum atomic E-state index is 12.1. The van der Waals surface area contributed by atoms with Gasteiger partial charge < -0.3 is 25.6 Å². The number of piperidine rings is 1. The van der Waals surface area contributed by atoms with Crippen LogP contribution < -0.4 is 16.0 Å². The number of likely N-dealkylation sites (N-methyl/N-ethyl adjacent to an activating group) is 1. The van der Waals surface area contributed by atoms with Crippen molar-refractivity contribution < 1.29 is 14.3 Å². The quantitative estimate of drug-likeness (QED) is 0.479. The van der Waals surface area contributed by atoms with E-state index in [1.165, 1.54) is 0 Å². The lowest BCUT2D eigenvalue weighted by molar-refractivity contribution is -0.132. The summed E-state index contributed by atoms with van der Waals surface area (Å²) in [6.07, 6.45) is 0.904. The Morgan fingerprint density at radius 3 is 2.56 bits per heavy atom. The Bertz CT molecular complexity index is 528. The molecule has 27 heavy (non-hydrogen) atoms. The van der Waals surface area contributed by atoms with Crippen molar-refractivity contribution in [3.8, 4) is 0 Å². The van der Waals surface area contributed by atoms with Gasteiger partial charge in [0.2, 0.25) is 5.91 Å². The Kier molecular flexibility index (Phi) is 8.85. The number of rotatable bonds is 6. The maximum absolute atomic E-state index is 12.1. The molecule has 2 amide bonds. The Morgan fingerprint density at radius 2 is 2.04 bits per heavy atom. The molecule has 1 aliphatic heterocycles. The SMILES string of the molecule is CCNC(=NCC(NC(=O)OC(C)(C)C)C(C)C)NC1CCC(=O)N(C)C1. The number of nitrogens with zero attached hydrogens (tertiary/aromatic N) is 2. The van der Waals surface area contributed by atoms with Crippen LogP contribution in [0.5, 0.6) is 0 Å². The zero-order valence-corrected chi connectivity index (χ0v) is 17.9. The largest absolute Gasteiger partial charge is 0.444 e. The van der Waals surface area contributed by atoms with Crippen molar-refractivity contribution >= 4 is 18.0 Å². The lowest BCUT2D eigenvalue weighted by atomic mass is 10.0. The second-order valence-electron chi connectivity index (χ2n) is 8.37. The van der Waals surface area contributed by atoms with Gasteiger partial charge in [0.25, 0.3) is 0 Å². The molecule has 0 saturated carbocycles. The minimum atomic E-state index is -0.532. The van der Waals surface area contributed by atoms with Crippen molar-refractivity contribution in [1.82, 2.24) is 20.9 Å². The van der Waals surface area contributed by atoms with E-state index in [-0.39, 0.29) is 23.9 Å². The summed E-state index contributed by atoms with van der Waals surface area (Å²) in [5.41, 5.74) is -0.532. The Morgan fingerprint density at radius 1 is 1.37 bits per heavy atom. The van der Waals surface area contributed by atoms with E-state index in [4.69, 9.17) is 4.74 Å². The second kappa shape index (κ2) is 10.4. The average molecular weight is 384 g/mol. The first kappa shape index (κ1) is 23.0. The maximum Gasteiger partial charge on any atom is 0.407 e. The lowest BCUT2D eigenvalue weighted by Crippen LogP contribution is -2.52. The fraction of sp³-hybridized carbons (Fsp3) is 0.842. The molecule has 2 atom stereocenters. The van der Waals surface area contributed by atoms with Crippen molar-refractivity contribution in [2.45, 2.75) is 72.1 Å². The number of amides is 2. The molecule has 0 radical (unpaired) electrons. The van der Waals surface area contributed by atoms with E-state index in [0.29, 0.717) is 25.5 Å². The van der Waals surface area contributed by atoms with E-state index in [2.05, 4.69) is 20.9 Å².